The molecule has 2 aliphatic rings. The average molecular weight is 270 g/mol. The van der Waals surface area contributed by atoms with E-state index in [1.807, 2.05) is 6.07 Å². The summed E-state index contributed by atoms with van der Waals surface area (Å²) in [5, 5.41) is 9.14. The van der Waals surface area contributed by atoms with E-state index in [4.69, 9.17) is 5.26 Å². The van der Waals surface area contributed by atoms with Gasteiger partial charge in [0.15, 0.2) is 5.82 Å². The molecule has 0 radical (unpaired) electrons. The summed E-state index contributed by atoms with van der Waals surface area (Å²) in [6.45, 7) is 4.38. The smallest absolute Gasteiger partial charge is 0.152 e. The standard InChI is InChI=1S/C16H22N4/c17-12-14-11-15(19-7-3-1-4-8-19)16(18-13-14)20-9-5-2-6-10-20/h11,13H,1-10H2. The normalized spacial score (nSPS) is 19.8. The first-order chi connectivity index (χ1) is 9.88. The Bertz CT molecular complexity index is 494. The Hall–Kier alpha value is -1.76. The number of nitriles is 1. The lowest BCUT2D eigenvalue weighted by molar-refractivity contribution is 0.561. The van der Waals surface area contributed by atoms with Gasteiger partial charge in [-0.3, -0.25) is 0 Å². The van der Waals surface area contributed by atoms with Gasteiger partial charge < -0.3 is 9.80 Å². The fourth-order valence-electron chi connectivity index (χ4n) is 3.22. The van der Waals surface area contributed by atoms with E-state index in [0.29, 0.717) is 5.56 Å². The van der Waals surface area contributed by atoms with Crippen LogP contribution >= 0.6 is 0 Å². The summed E-state index contributed by atoms with van der Waals surface area (Å²) in [5.74, 6) is 1.09. The van der Waals surface area contributed by atoms with Crippen LogP contribution in [0.3, 0.4) is 0 Å². The Balaban J connectivity index is 1.92. The molecule has 0 unspecified atom stereocenters. The molecule has 0 amide bonds. The van der Waals surface area contributed by atoms with Crippen molar-refractivity contribution in [1.82, 2.24) is 4.98 Å². The van der Waals surface area contributed by atoms with Gasteiger partial charge in [0, 0.05) is 32.4 Å². The molecule has 106 valence electrons. The lowest BCUT2D eigenvalue weighted by Gasteiger charge is -2.35. The maximum atomic E-state index is 9.14. The highest BCUT2D eigenvalue weighted by molar-refractivity contribution is 5.69. The summed E-state index contributed by atoms with van der Waals surface area (Å²) in [7, 11) is 0. The van der Waals surface area contributed by atoms with Crippen LogP contribution in [0.25, 0.3) is 0 Å². The summed E-state index contributed by atoms with van der Waals surface area (Å²) < 4.78 is 0. The number of nitrogens with zero attached hydrogens (tertiary/aromatic N) is 4. The highest BCUT2D eigenvalue weighted by Crippen LogP contribution is 2.31. The van der Waals surface area contributed by atoms with Crippen LogP contribution in [-0.4, -0.2) is 31.2 Å². The van der Waals surface area contributed by atoms with Crippen LogP contribution in [0.5, 0.6) is 0 Å². The monoisotopic (exact) mass is 270 g/mol. The molecule has 0 saturated carbocycles. The fraction of sp³-hybridized carbons (Fsp3) is 0.625. The van der Waals surface area contributed by atoms with Crippen LogP contribution in [0.1, 0.15) is 44.1 Å². The van der Waals surface area contributed by atoms with Gasteiger partial charge in [0.1, 0.15) is 6.07 Å². The minimum atomic E-state index is 0.673. The van der Waals surface area contributed by atoms with Crippen molar-refractivity contribution >= 4 is 11.5 Å². The molecule has 0 spiro atoms. The zero-order valence-corrected chi connectivity index (χ0v) is 12.0. The van der Waals surface area contributed by atoms with Crippen molar-refractivity contribution in [1.29, 1.82) is 5.26 Å². The van der Waals surface area contributed by atoms with Crippen LogP contribution in [0.4, 0.5) is 11.5 Å². The van der Waals surface area contributed by atoms with Gasteiger partial charge in [0.05, 0.1) is 11.3 Å². The van der Waals surface area contributed by atoms with Crippen LogP contribution in [0, 0.1) is 11.3 Å². The van der Waals surface area contributed by atoms with Gasteiger partial charge in [-0.25, -0.2) is 4.98 Å². The molecule has 20 heavy (non-hydrogen) atoms. The van der Waals surface area contributed by atoms with Gasteiger partial charge in [0.25, 0.3) is 0 Å². The first kappa shape index (κ1) is 13.2. The first-order valence-electron chi connectivity index (χ1n) is 7.78. The highest BCUT2D eigenvalue weighted by Gasteiger charge is 2.21. The van der Waals surface area contributed by atoms with Crippen molar-refractivity contribution in [2.24, 2.45) is 0 Å². The second-order valence-electron chi connectivity index (χ2n) is 5.77. The number of pyridine rings is 1. The number of hydrogen-bond donors (Lipinski definition) is 0. The van der Waals surface area contributed by atoms with Gasteiger partial charge in [0.2, 0.25) is 0 Å². The maximum Gasteiger partial charge on any atom is 0.152 e. The average Bonchev–Trinajstić information content (AvgIpc) is 2.56. The SMILES string of the molecule is N#Cc1cnc(N2CCCCC2)c(N2CCCCC2)c1. The van der Waals surface area contributed by atoms with Crippen LogP contribution in [-0.2, 0) is 0 Å². The van der Waals surface area contributed by atoms with Crippen LogP contribution < -0.4 is 9.80 Å². The molecule has 0 bridgehead atoms. The van der Waals surface area contributed by atoms with Crippen molar-refractivity contribution in [3.8, 4) is 6.07 Å². The summed E-state index contributed by atoms with van der Waals surface area (Å²) >= 11 is 0. The molecule has 1 aromatic rings. The van der Waals surface area contributed by atoms with Crippen molar-refractivity contribution in [2.45, 2.75) is 38.5 Å². The highest BCUT2D eigenvalue weighted by atomic mass is 15.2. The third-order valence-corrected chi connectivity index (χ3v) is 4.33. The Kier molecular flexibility index (Phi) is 4.05. The number of anilines is 2. The predicted molar refractivity (Wildman–Crippen MR) is 81.1 cm³/mol. The molecule has 0 atom stereocenters. The second-order valence-corrected chi connectivity index (χ2v) is 5.77. The quantitative estimate of drug-likeness (QED) is 0.828. The Morgan fingerprint density at radius 3 is 2.10 bits per heavy atom. The fourth-order valence-corrected chi connectivity index (χ4v) is 3.22. The molecule has 0 aromatic carbocycles. The molecule has 2 fully saturated rings. The van der Waals surface area contributed by atoms with E-state index in [0.717, 1.165) is 32.0 Å². The largest absolute Gasteiger partial charge is 0.369 e. The van der Waals surface area contributed by atoms with Gasteiger partial charge in [-0.05, 0) is 44.6 Å². The van der Waals surface area contributed by atoms with Crippen molar-refractivity contribution in [2.75, 3.05) is 36.0 Å². The van der Waals surface area contributed by atoms with E-state index in [9.17, 15) is 0 Å². The molecule has 3 rings (SSSR count). The summed E-state index contributed by atoms with van der Waals surface area (Å²) in [6, 6.07) is 4.26. The van der Waals surface area contributed by atoms with E-state index >= 15 is 0 Å². The molecule has 4 heteroatoms. The molecule has 2 aliphatic heterocycles. The third kappa shape index (κ3) is 2.72. The van der Waals surface area contributed by atoms with E-state index < -0.39 is 0 Å². The van der Waals surface area contributed by atoms with Gasteiger partial charge in [-0.15, -0.1) is 0 Å². The summed E-state index contributed by atoms with van der Waals surface area (Å²) in [5.41, 5.74) is 1.84. The second kappa shape index (κ2) is 6.13. The Morgan fingerprint density at radius 2 is 1.50 bits per heavy atom. The molecular formula is C16H22N4. The van der Waals surface area contributed by atoms with Crippen molar-refractivity contribution < 1.29 is 0 Å². The zero-order chi connectivity index (χ0) is 13.8. The van der Waals surface area contributed by atoms with E-state index in [1.165, 1.54) is 44.2 Å². The number of aromatic nitrogens is 1. The molecule has 3 heterocycles. The Labute approximate surface area is 121 Å². The third-order valence-electron chi connectivity index (χ3n) is 4.33. The Morgan fingerprint density at radius 1 is 0.900 bits per heavy atom. The lowest BCUT2D eigenvalue weighted by atomic mass is 10.1. The topological polar surface area (TPSA) is 43.2 Å². The van der Waals surface area contributed by atoms with Gasteiger partial charge in [-0.2, -0.15) is 5.26 Å². The summed E-state index contributed by atoms with van der Waals surface area (Å²) in [4.78, 5) is 9.43. The van der Waals surface area contributed by atoms with Crippen molar-refractivity contribution in [3.05, 3.63) is 17.8 Å². The molecule has 4 nitrogen and oxygen atoms in total. The number of piperidine rings is 2. The van der Waals surface area contributed by atoms with E-state index in [-0.39, 0.29) is 0 Å². The molecule has 2 saturated heterocycles. The predicted octanol–water partition coefficient (Wildman–Crippen LogP) is 2.93. The van der Waals surface area contributed by atoms with Crippen LogP contribution in [0.15, 0.2) is 12.3 Å². The molecule has 0 N–H and O–H groups in total. The van der Waals surface area contributed by atoms with Crippen LogP contribution in [0.2, 0.25) is 0 Å². The summed E-state index contributed by atoms with van der Waals surface area (Å²) in [6.07, 6.45) is 9.36. The molecular weight excluding hydrogens is 248 g/mol. The van der Waals surface area contributed by atoms with Gasteiger partial charge in [-0.1, -0.05) is 0 Å². The lowest BCUT2D eigenvalue weighted by Crippen LogP contribution is -2.35. The molecule has 0 aliphatic carbocycles. The minimum absolute atomic E-state index is 0.673. The van der Waals surface area contributed by atoms with E-state index in [2.05, 4.69) is 20.9 Å². The minimum Gasteiger partial charge on any atom is -0.369 e. The van der Waals surface area contributed by atoms with Gasteiger partial charge >= 0.3 is 0 Å². The molecule has 1 aromatic heterocycles. The zero-order valence-electron chi connectivity index (χ0n) is 12.0. The van der Waals surface area contributed by atoms with E-state index in [1.54, 1.807) is 6.20 Å². The first-order valence-corrected chi connectivity index (χ1v) is 7.78. The maximum absolute atomic E-state index is 9.14. The number of rotatable bonds is 2. The number of hydrogen-bond acceptors (Lipinski definition) is 4. The van der Waals surface area contributed by atoms with Crippen molar-refractivity contribution in [3.63, 3.8) is 0 Å².